The second kappa shape index (κ2) is 10.8. The number of hydrogen-bond donors (Lipinski definition) is 0. The maximum absolute atomic E-state index is 9.47. The molecule has 8 rings (SSSR count). The number of nitrogens with zero attached hydrogens (tertiary/aromatic N) is 5. The van der Waals surface area contributed by atoms with Gasteiger partial charge in [0.1, 0.15) is 5.65 Å². The molecule has 4 aromatic carbocycles. The van der Waals surface area contributed by atoms with E-state index in [0.29, 0.717) is 11.1 Å². The molecule has 45 heavy (non-hydrogen) atoms. The number of rotatable bonds is 4. The second-order valence-electron chi connectivity index (χ2n) is 11.2. The van der Waals surface area contributed by atoms with E-state index in [2.05, 4.69) is 88.3 Å². The molecule has 0 saturated heterocycles. The van der Waals surface area contributed by atoms with Crippen molar-refractivity contribution in [1.82, 2.24) is 14.4 Å². The summed E-state index contributed by atoms with van der Waals surface area (Å²) in [6.45, 7) is 0. The number of benzene rings is 4. The Labute approximate surface area is 260 Å². The third-order valence-electron chi connectivity index (χ3n) is 8.65. The van der Waals surface area contributed by atoms with E-state index in [0.717, 1.165) is 67.5 Å². The molecule has 7 aromatic rings. The van der Waals surface area contributed by atoms with Crippen LogP contribution in [0.4, 0.5) is 0 Å². The molecule has 3 heterocycles. The van der Waals surface area contributed by atoms with E-state index in [-0.39, 0.29) is 5.92 Å². The minimum atomic E-state index is 0.267. The van der Waals surface area contributed by atoms with Crippen LogP contribution >= 0.6 is 0 Å². The van der Waals surface area contributed by atoms with Crippen molar-refractivity contribution in [2.75, 3.05) is 0 Å². The smallest absolute Gasteiger partial charge is 0.146 e. The maximum Gasteiger partial charge on any atom is 0.146 e. The summed E-state index contributed by atoms with van der Waals surface area (Å²) in [5.41, 5.74) is 10.2. The van der Waals surface area contributed by atoms with Crippen LogP contribution in [0.15, 0.2) is 134 Å². The highest BCUT2D eigenvalue weighted by Gasteiger charge is 2.22. The normalized spacial score (nSPS) is 14.4. The lowest BCUT2D eigenvalue weighted by Gasteiger charge is -2.17. The van der Waals surface area contributed by atoms with E-state index in [1.807, 2.05) is 66.9 Å². The van der Waals surface area contributed by atoms with Crippen molar-refractivity contribution in [2.45, 2.75) is 12.3 Å². The van der Waals surface area contributed by atoms with E-state index in [4.69, 9.17) is 4.98 Å². The second-order valence-corrected chi connectivity index (χ2v) is 11.2. The summed E-state index contributed by atoms with van der Waals surface area (Å²) in [5, 5.41) is 22.2. The van der Waals surface area contributed by atoms with Crippen molar-refractivity contribution in [3.63, 3.8) is 0 Å². The molecular formula is C40H25N5. The largest absolute Gasteiger partial charge is 0.291 e. The number of nitriles is 2. The monoisotopic (exact) mass is 575 g/mol. The summed E-state index contributed by atoms with van der Waals surface area (Å²) in [5.74, 6) is 0.267. The molecule has 5 nitrogen and oxygen atoms in total. The molecule has 0 N–H and O–H groups in total. The predicted octanol–water partition coefficient (Wildman–Crippen LogP) is 9.24. The fourth-order valence-corrected chi connectivity index (χ4v) is 6.40. The van der Waals surface area contributed by atoms with Gasteiger partial charge in [0, 0.05) is 39.7 Å². The molecule has 0 spiro atoms. The van der Waals surface area contributed by atoms with Gasteiger partial charge < -0.3 is 0 Å². The van der Waals surface area contributed by atoms with Gasteiger partial charge >= 0.3 is 0 Å². The van der Waals surface area contributed by atoms with Gasteiger partial charge in [-0.1, -0.05) is 78.9 Å². The molecule has 0 fully saturated rings. The molecule has 210 valence electrons. The topological polar surface area (TPSA) is 77.8 Å². The number of para-hydroxylation sites is 1. The molecule has 1 unspecified atom stereocenters. The van der Waals surface area contributed by atoms with Gasteiger partial charge in [-0.3, -0.25) is 9.38 Å². The number of pyridine rings is 2. The van der Waals surface area contributed by atoms with Crippen LogP contribution in [0.1, 0.15) is 34.7 Å². The van der Waals surface area contributed by atoms with E-state index >= 15 is 0 Å². The van der Waals surface area contributed by atoms with Crippen LogP contribution < -0.4 is 0 Å². The van der Waals surface area contributed by atoms with Crippen molar-refractivity contribution >= 4 is 32.9 Å². The first-order valence-electron chi connectivity index (χ1n) is 14.9. The van der Waals surface area contributed by atoms with Crippen LogP contribution in [0.5, 0.6) is 0 Å². The fourth-order valence-electron chi connectivity index (χ4n) is 6.40. The van der Waals surface area contributed by atoms with Gasteiger partial charge in [0.15, 0.2) is 0 Å². The first kappa shape index (κ1) is 26.3. The first-order chi connectivity index (χ1) is 22.2. The highest BCUT2D eigenvalue weighted by atomic mass is 15.0. The molecule has 5 heteroatoms. The molecule has 1 aliphatic rings. The van der Waals surface area contributed by atoms with Gasteiger partial charge in [0.2, 0.25) is 0 Å². The lowest BCUT2D eigenvalue weighted by Crippen LogP contribution is -2.00. The molecule has 1 aliphatic carbocycles. The Hall–Kier alpha value is -6.30. The van der Waals surface area contributed by atoms with E-state index in [1.54, 1.807) is 0 Å². The van der Waals surface area contributed by atoms with Gasteiger partial charge in [0.05, 0.1) is 40.2 Å². The summed E-state index contributed by atoms with van der Waals surface area (Å²) in [6.07, 6.45) is 9.50. The Morgan fingerprint density at radius 2 is 1.40 bits per heavy atom. The number of fused-ring (bicyclic) bond motifs is 6. The average Bonchev–Trinajstić information content (AvgIpc) is 3.53. The summed E-state index contributed by atoms with van der Waals surface area (Å²) in [4.78, 5) is 9.90. The van der Waals surface area contributed by atoms with Crippen LogP contribution in [-0.4, -0.2) is 14.4 Å². The predicted molar refractivity (Wildman–Crippen MR) is 179 cm³/mol. The lowest BCUT2D eigenvalue weighted by molar-refractivity contribution is 0.818. The molecule has 0 amide bonds. The SMILES string of the molecule is N#Cc1ccc(-c2nc3c4cc(C5=CCC(c6ccccn6)C=C5)ccc4c4ccccc4n3c2-c2ccc(C#N)cc2)cc1. The number of aromatic nitrogens is 3. The van der Waals surface area contributed by atoms with Crippen LogP contribution in [0, 0.1) is 22.7 Å². The Morgan fingerprint density at radius 1 is 0.689 bits per heavy atom. The lowest BCUT2D eigenvalue weighted by atomic mass is 9.90. The standard InChI is InChI=1S/C40H25N5/c41-24-26-8-12-30(13-9-26)38-39(31-14-10-27(25-42)11-15-31)45-37-7-2-1-5-34(37)33-21-20-32(23-35(33)40(45)44-38)28-16-18-29(19-17-28)36-6-3-4-22-43-36/h1-18,20-23,29H,19H2. The molecular weight excluding hydrogens is 550 g/mol. The third kappa shape index (κ3) is 4.47. The van der Waals surface area contributed by atoms with Crippen LogP contribution in [-0.2, 0) is 0 Å². The minimum Gasteiger partial charge on any atom is -0.291 e. The van der Waals surface area contributed by atoms with E-state index in [9.17, 15) is 10.5 Å². The molecule has 0 aliphatic heterocycles. The zero-order valence-corrected chi connectivity index (χ0v) is 24.2. The molecule has 1 atom stereocenters. The fraction of sp³-hybridized carbons (Fsp3) is 0.0500. The van der Waals surface area contributed by atoms with Crippen LogP contribution in [0.25, 0.3) is 55.4 Å². The number of imidazole rings is 1. The number of hydrogen-bond acceptors (Lipinski definition) is 4. The summed E-state index contributed by atoms with van der Waals surface area (Å²) < 4.78 is 2.25. The van der Waals surface area contributed by atoms with E-state index < -0.39 is 0 Å². The van der Waals surface area contributed by atoms with Gasteiger partial charge in [-0.2, -0.15) is 10.5 Å². The Balaban J connectivity index is 1.37. The Bertz CT molecular complexity index is 2400. The first-order valence-corrected chi connectivity index (χ1v) is 14.9. The van der Waals surface area contributed by atoms with Gasteiger partial charge in [0.25, 0.3) is 0 Å². The molecule has 0 radical (unpaired) electrons. The van der Waals surface area contributed by atoms with Crippen molar-refractivity contribution in [3.8, 4) is 34.7 Å². The van der Waals surface area contributed by atoms with Crippen molar-refractivity contribution in [1.29, 1.82) is 10.5 Å². The van der Waals surface area contributed by atoms with Crippen molar-refractivity contribution in [2.24, 2.45) is 0 Å². The molecule has 0 bridgehead atoms. The van der Waals surface area contributed by atoms with Crippen molar-refractivity contribution < 1.29 is 0 Å². The quantitative estimate of drug-likeness (QED) is 0.196. The highest BCUT2D eigenvalue weighted by Crippen LogP contribution is 2.40. The summed E-state index contributed by atoms with van der Waals surface area (Å²) in [7, 11) is 0. The minimum absolute atomic E-state index is 0.267. The zero-order chi connectivity index (χ0) is 30.3. The Kier molecular flexibility index (Phi) is 6.30. The van der Waals surface area contributed by atoms with E-state index in [1.165, 1.54) is 5.57 Å². The third-order valence-corrected chi connectivity index (χ3v) is 8.65. The van der Waals surface area contributed by atoms with Gasteiger partial charge in [-0.15, -0.1) is 0 Å². The van der Waals surface area contributed by atoms with Crippen LogP contribution in [0.2, 0.25) is 0 Å². The maximum atomic E-state index is 9.47. The summed E-state index contributed by atoms with van der Waals surface area (Å²) in [6, 6.07) is 40.9. The Morgan fingerprint density at radius 3 is 2.09 bits per heavy atom. The molecule has 0 saturated carbocycles. The average molecular weight is 576 g/mol. The van der Waals surface area contributed by atoms with Gasteiger partial charge in [-0.05, 0) is 71.5 Å². The van der Waals surface area contributed by atoms with Crippen molar-refractivity contribution in [3.05, 3.63) is 156 Å². The number of allylic oxidation sites excluding steroid dienone is 4. The van der Waals surface area contributed by atoms with Gasteiger partial charge in [-0.25, -0.2) is 4.98 Å². The summed E-state index contributed by atoms with van der Waals surface area (Å²) >= 11 is 0. The zero-order valence-electron chi connectivity index (χ0n) is 24.2. The molecule has 3 aromatic heterocycles. The van der Waals surface area contributed by atoms with Crippen LogP contribution in [0.3, 0.4) is 0 Å². The highest BCUT2D eigenvalue weighted by molar-refractivity contribution is 6.14.